The molecule has 0 heterocycles. The summed E-state index contributed by atoms with van der Waals surface area (Å²) in [5.41, 5.74) is 0.822. The largest absolute Gasteiger partial charge is 0.465 e. The number of amides is 1. The highest BCUT2D eigenvalue weighted by Gasteiger charge is 2.18. The zero-order chi connectivity index (χ0) is 15.3. The Morgan fingerprint density at radius 1 is 1.15 bits per heavy atom. The minimum atomic E-state index is -0.529. The van der Waals surface area contributed by atoms with Crippen LogP contribution in [0.1, 0.15) is 49.7 Å². The molecule has 0 spiro atoms. The standard InChI is InChI=1S/C15H21NO4/c1-10(16-14(18)20-15(2,3)4)11-6-8-12(9-7-11)13(17)19-5/h6-10H,1-5H3,(H,16,18)/t10-/m0/s1. The molecular weight excluding hydrogens is 258 g/mol. The van der Waals surface area contributed by atoms with Crippen LogP contribution in [0.5, 0.6) is 0 Å². The van der Waals surface area contributed by atoms with Gasteiger partial charge in [-0.05, 0) is 45.4 Å². The molecular formula is C15H21NO4. The van der Waals surface area contributed by atoms with E-state index in [2.05, 4.69) is 10.1 Å². The molecule has 1 aromatic rings. The number of hydrogen-bond donors (Lipinski definition) is 1. The van der Waals surface area contributed by atoms with Crippen LogP contribution in [0.15, 0.2) is 24.3 Å². The lowest BCUT2D eigenvalue weighted by molar-refractivity contribution is 0.0506. The summed E-state index contributed by atoms with van der Waals surface area (Å²) in [6.07, 6.45) is -0.470. The number of rotatable bonds is 3. The SMILES string of the molecule is COC(=O)c1ccc([C@H](C)NC(=O)OC(C)(C)C)cc1. The van der Waals surface area contributed by atoms with Crippen molar-refractivity contribution in [2.24, 2.45) is 0 Å². The van der Waals surface area contributed by atoms with Gasteiger partial charge in [0.15, 0.2) is 0 Å². The Morgan fingerprint density at radius 2 is 1.70 bits per heavy atom. The number of carbonyl (C=O) groups is 2. The molecule has 20 heavy (non-hydrogen) atoms. The smallest absolute Gasteiger partial charge is 0.408 e. The number of methoxy groups -OCH3 is 1. The van der Waals surface area contributed by atoms with Crippen molar-refractivity contribution in [3.05, 3.63) is 35.4 Å². The maximum Gasteiger partial charge on any atom is 0.408 e. The lowest BCUT2D eigenvalue weighted by Gasteiger charge is -2.22. The fourth-order valence-electron chi connectivity index (χ4n) is 1.59. The van der Waals surface area contributed by atoms with E-state index < -0.39 is 11.7 Å². The van der Waals surface area contributed by atoms with E-state index in [4.69, 9.17) is 4.74 Å². The zero-order valence-corrected chi connectivity index (χ0v) is 12.5. The van der Waals surface area contributed by atoms with Gasteiger partial charge < -0.3 is 14.8 Å². The van der Waals surface area contributed by atoms with Crippen molar-refractivity contribution in [1.82, 2.24) is 5.32 Å². The molecule has 110 valence electrons. The molecule has 0 aliphatic heterocycles. The average molecular weight is 279 g/mol. The number of nitrogens with one attached hydrogen (secondary N) is 1. The van der Waals surface area contributed by atoms with Gasteiger partial charge in [0.05, 0.1) is 18.7 Å². The predicted molar refractivity (Wildman–Crippen MR) is 75.6 cm³/mol. The third kappa shape index (κ3) is 4.91. The Bertz CT molecular complexity index is 474. The molecule has 0 aliphatic rings. The van der Waals surface area contributed by atoms with Crippen molar-refractivity contribution >= 4 is 12.1 Å². The van der Waals surface area contributed by atoms with Crippen LogP contribution in [0.25, 0.3) is 0 Å². The molecule has 1 aromatic carbocycles. The van der Waals surface area contributed by atoms with Crippen molar-refractivity contribution in [3.63, 3.8) is 0 Å². The number of benzene rings is 1. The lowest BCUT2D eigenvalue weighted by Crippen LogP contribution is -2.34. The average Bonchev–Trinajstić information content (AvgIpc) is 2.35. The number of ether oxygens (including phenoxy) is 2. The lowest BCUT2D eigenvalue weighted by atomic mass is 10.1. The van der Waals surface area contributed by atoms with E-state index in [1.54, 1.807) is 24.3 Å². The van der Waals surface area contributed by atoms with Gasteiger partial charge in [-0.25, -0.2) is 9.59 Å². The van der Waals surface area contributed by atoms with Gasteiger partial charge in [0.2, 0.25) is 0 Å². The first-order valence-corrected chi connectivity index (χ1v) is 6.40. The monoisotopic (exact) mass is 279 g/mol. The highest BCUT2D eigenvalue weighted by atomic mass is 16.6. The van der Waals surface area contributed by atoms with Crippen molar-refractivity contribution in [3.8, 4) is 0 Å². The Balaban J connectivity index is 2.66. The molecule has 5 heteroatoms. The van der Waals surface area contributed by atoms with Gasteiger partial charge in [-0.15, -0.1) is 0 Å². The second kappa shape index (κ2) is 6.41. The van der Waals surface area contributed by atoms with Crippen LogP contribution in [-0.4, -0.2) is 24.8 Å². The van der Waals surface area contributed by atoms with Gasteiger partial charge in [-0.1, -0.05) is 12.1 Å². The number of alkyl carbamates (subject to hydrolysis) is 1. The maximum atomic E-state index is 11.7. The molecule has 1 N–H and O–H groups in total. The zero-order valence-electron chi connectivity index (χ0n) is 12.5. The molecule has 1 rings (SSSR count). The minimum Gasteiger partial charge on any atom is -0.465 e. The number of hydrogen-bond acceptors (Lipinski definition) is 4. The second-order valence-electron chi connectivity index (χ2n) is 5.48. The van der Waals surface area contributed by atoms with E-state index in [1.807, 2.05) is 27.7 Å². The van der Waals surface area contributed by atoms with Crippen LogP contribution in [0.4, 0.5) is 4.79 Å². The first-order valence-electron chi connectivity index (χ1n) is 6.40. The van der Waals surface area contributed by atoms with Crippen LogP contribution in [-0.2, 0) is 9.47 Å². The fraction of sp³-hybridized carbons (Fsp3) is 0.467. The fourth-order valence-corrected chi connectivity index (χ4v) is 1.59. The van der Waals surface area contributed by atoms with Gasteiger partial charge >= 0.3 is 12.1 Å². The van der Waals surface area contributed by atoms with Crippen LogP contribution < -0.4 is 5.32 Å². The number of carbonyl (C=O) groups excluding carboxylic acids is 2. The van der Waals surface area contributed by atoms with Gasteiger partial charge in [0.1, 0.15) is 5.60 Å². The first-order chi connectivity index (χ1) is 9.23. The predicted octanol–water partition coefficient (Wildman–Crippen LogP) is 3.06. The van der Waals surface area contributed by atoms with Crippen LogP contribution in [0.3, 0.4) is 0 Å². The molecule has 1 amide bonds. The molecule has 0 unspecified atom stereocenters. The summed E-state index contributed by atoms with van der Waals surface area (Å²) in [6.45, 7) is 7.27. The third-order valence-corrected chi connectivity index (χ3v) is 2.57. The summed E-state index contributed by atoms with van der Waals surface area (Å²) in [5, 5.41) is 2.74. The van der Waals surface area contributed by atoms with E-state index in [-0.39, 0.29) is 12.0 Å². The number of esters is 1. The molecule has 0 saturated heterocycles. The van der Waals surface area contributed by atoms with E-state index >= 15 is 0 Å². The molecule has 0 radical (unpaired) electrons. The highest BCUT2D eigenvalue weighted by molar-refractivity contribution is 5.89. The van der Waals surface area contributed by atoms with Crippen molar-refractivity contribution in [2.45, 2.75) is 39.3 Å². The molecule has 0 saturated carbocycles. The normalized spacial score (nSPS) is 12.4. The summed E-state index contributed by atoms with van der Waals surface area (Å²) in [7, 11) is 1.34. The van der Waals surface area contributed by atoms with Gasteiger partial charge in [-0.2, -0.15) is 0 Å². The molecule has 5 nitrogen and oxygen atoms in total. The molecule has 1 atom stereocenters. The Morgan fingerprint density at radius 3 is 2.15 bits per heavy atom. The van der Waals surface area contributed by atoms with E-state index in [0.717, 1.165) is 5.56 Å². The second-order valence-corrected chi connectivity index (χ2v) is 5.48. The minimum absolute atomic E-state index is 0.212. The molecule has 0 aliphatic carbocycles. The van der Waals surface area contributed by atoms with E-state index in [1.165, 1.54) is 7.11 Å². The highest BCUT2D eigenvalue weighted by Crippen LogP contribution is 2.15. The van der Waals surface area contributed by atoms with E-state index in [9.17, 15) is 9.59 Å². The summed E-state index contributed by atoms with van der Waals surface area (Å²) in [6, 6.07) is 6.65. The van der Waals surface area contributed by atoms with Gasteiger partial charge in [0, 0.05) is 0 Å². The molecule has 0 bridgehead atoms. The quantitative estimate of drug-likeness (QED) is 0.864. The summed E-state index contributed by atoms with van der Waals surface area (Å²) in [4.78, 5) is 23.0. The van der Waals surface area contributed by atoms with Crippen molar-refractivity contribution in [2.75, 3.05) is 7.11 Å². The molecule has 0 aromatic heterocycles. The topological polar surface area (TPSA) is 64.6 Å². The summed E-state index contributed by atoms with van der Waals surface area (Å²) in [5.74, 6) is -0.385. The molecule has 0 fully saturated rings. The van der Waals surface area contributed by atoms with E-state index in [0.29, 0.717) is 5.56 Å². The maximum absolute atomic E-state index is 11.7. The van der Waals surface area contributed by atoms with Gasteiger partial charge in [-0.3, -0.25) is 0 Å². The third-order valence-electron chi connectivity index (χ3n) is 2.57. The summed E-state index contributed by atoms with van der Waals surface area (Å²) < 4.78 is 9.81. The van der Waals surface area contributed by atoms with Crippen LogP contribution in [0, 0.1) is 0 Å². The Kier molecular flexibility index (Phi) is 5.13. The van der Waals surface area contributed by atoms with Gasteiger partial charge in [0.25, 0.3) is 0 Å². The van der Waals surface area contributed by atoms with Crippen LogP contribution in [0.2, 0.25) is 0 Å². The first kappa shape index (κ1) is 16.0. The van der Waals surface area contributed by atoms with Crippen molar-refractivity contribution < 1.29 is 19.1 Å². The van der Waals surface area contributed by atoms with Crippen LogP contribution >= 0.6 is 0 Å². The van der Waals surface area contributed by atoms with Crippen molar-refractivity contribution in [1.29, 1.82) is 0 Å². The summed E-state index contributed by atoms with van der Waals surface area (Å²) >= 11 is 0. The Labute approximate surface area is 119 Å². The Hall–Kier alpha value is -2.04.